The van der Waals surface area contributed by atoms with Crippen LogP contribution in [0.3, 0.4) is 0 Å². The first-order chi connectivity index (χ1) is 9.03. The maximum atomic E-state index is 11.9. The molecule has 0 fully saturated rings. The monoisotopic (exact) mass is 277 g/mol. The molecular formula is C13H11NO4S. The Kier molecular flexibility index (Phi) is 2.67. The van der Waals surface area contributed by atoms with Gasteiger partial charge in [-0.25, -0.2) is 8.42 Å². The van der Waals surface area contributed by atoms with Gasteiger partial charge in [0.25, 0.3) is 5.91 Å². The highest BCUT2D eigenvalue weighted by atomic mass is 32.2. The highest BCUT2D eigenvalue weighted by Crippen LogP contribution is 2.19. The Hall–Kier alpha value is -2.08. The highest BCUT2D eigenvalue weighted by Gasteiger charge is 2.24. The molecule has 1 aliphatic rings. The van der Waals surface area contributed by atoms with Gasteiger partial charge in [0.15, 0.2) is 15.6 Å². The molecule has 0 radical (unpaired) electrons. The summed E-state index contributed by atoms with van der Waals surface area (Å²) in [6.45, 7) is 0. The van der Waals surface area contributed by atoms with Gasteiger partial charge in [-0.05, 0) is 18.2 Å². The average molecular weight is 277 g/mol. The molecule has 2 aromatic rings. The molecule has 19 heavy (non-hydrogen) atoms. The molecule has 0 bridgehead atoms. The molecule has 1 N–H and O–H groups in total. The van der Waals surface area contributed by atoms with Crippen molar-refractivity contribution in [2.45, 2.75) is 6.04 Å². The molecule has 0 spiro atoms. The Morgan fingerprint density at radius 2 is 2.11 bits per heavy atom. The van der Waals surface area contributed by atoms with Crippen molar-refractivity contribution in [2.24, 2.45) is 0 Å². The highest BCUT2D eigenvalue weighted by molar-refractivity contribution is 7.94. The lowest BCUT2D eigenvalue weighted by atomic mass is 10.2. The van der Waals surface area contributed by atoms with Crippen molar-refractivity contribution < 1.29 is 17.6 Å². The number of fused-ring (bicyclic) bond motifs is 1. The number of carbonyl (C=O) groups is 1. The molecule has 1 amide bonds. The summed E-state index contributed by atoms with van der Waals surface area (Å²) in [4.78, 5) is 11.9. The third-order valence-corrected chi connectivity index (χ3v) is 4.29. The fourth-order valence-electron chi connectivity index (χ4n) is 2.00. The molecular weight excluding hydrogens is 266 g/mol. The van der Waals surface area contributed by atoms with E-state index in [0.717, 1.165) is 10.8 Å². The third-order valence-electron chi connectivity index (χ3n) is 2.90. The van der Waals surface area contributed by atoms with Crippen LogP contribution < -0.4 is 5.32 Å². The number of sulfone groups is 1. The Morgan fingerprint density at radius 3 is 2.79 bits per heavy atom. The molecule has 5 nitrogen and oxygen atoms in total. The van der Waals surface area contributed by atoms with Gasteiger partial charge in [0, 0.05) is 10.8 Å². The van der Waals surface area contributed by atoms with Gasteiger partial charge < -0.3 is 9.73 Å². The van der Waals surface area contributed by atoms with Crippen LogP contribution in [-0.4, -0.2) is 26.1 Å². The smallest absolute Gasteiger partial charge is 0.287 e. The van der Waals surface area contributed by atoms with Crippen LogP contribution in [0.1, 0.15) is 10.6 Å². The van der Waals surface area contributed by atoms with E-state index in [1.54, 1.807) is 12.1 Å². The average Bonchev–Trinajstić information content (AvgIpc) is 2.92. The van der Waals surface area contributed by atoms with Crippen molar-refractivity contribution in [1.82, 2.24) is 5.32 Å². The molecule has 0 saturated carbocycles. The Balaban J connectivity index is 1.79. The lowest BCUT2D eigenvalue weighted by Crippen LogP contribution is -2.35. The van der Waals surface area contributed by atoms with E-state index in [1.807, 2.05) is 18.2 Å². The number of rotatable bonds is 2. The summed E-state index contributed by atoms with van der Waals surface area (Å²) >= 11 is 0. The summed E-state index contributed by atoms with van der Waals surface area (Å²) < 4.78 is 27.9. The summed E-state index contributed by atoms with van der Waals surface area (Å²) in [7, 11) is -3.17. The molecule has 3 rings (SSSR count). The predicted molar refractivity (Wildman–Crippen MR) is 70.4 cm³/mol. The van der Waals surface area contributed by atoms with Crippen LogP contribution in [0.5, 0.6) is 0 Å². The lowest BCUT2D eigenvalue weighted by Gasteiger charge is -2.07. The second-order valence-corrected chi connectivity index (χ2v) is 6.32. The largest absolute Gasteiger partial charge is 0.451 e. The predicted octanol–water partition coefficient (Wildman–Crippen LogP) is 1.47. The van der Waals surface area contributed by atoms with E-state index in [1.165, 1.54) is 6.08 Å². The molecule has 0 saturated heterocycles. The number of hydrogen-bond acceptors (Lipinski definition) is 4. The van der Waals surface area contributed by atoms with E-state index in [0.29, 0.717) is 5.58 Å². The Labute approximate surface area is 109 Å². The zero-order valence-electron chi connectivity index (χ0n) is 9.87. The third kappa shape index (κ3) is 2.39. The second kappa shape index (κ2) is 4.24. The van der Waals surface area contributed by atoms with Crippen molar-refractivity contribution in [3.8, 4) is 0 Å². The van der Waals surface area contributed by atoms with E-state index >= 15 is 0 Å². The van der Waals surface area contributed by atoms with Crippen LogP contribution in [0.2, 0.25) is 0 Å². The molecule has 0 aliphatic carbocycles. The lowest BCUT2D eigenvalue weighted by molar-refractivity contribution is 0.0922. The molecule has 1 aliphatic heterocycles. The number of amides is 1. The zero-order chi connectivity index (χ0) is 13.5. The number of furan rings is 1. The van der Waals surface area contributed by atoms with Gasteiger partial charge in [-0.3, -0.25) is 4.79 Å². The number of carbonyl (C=O) groups excluding carboxylic acids is 1. The molecule has 1 unspecified atom stereocenters. The van der Waals surface area contributed by atoms with Crippen LogP contribution in [-0.2, 0) is 9.84 Å². The fraction of sp³-hybridized carbons (Fsp3) is 0.154. The first-order valence-corrected chi connectivity index (χ1v) is 7.45. The van der Waals surface area contributed by atoms with Gasteiger partial charge in [-0.15, -0.1) is 0 Å². The molecule has 1 atom stereocenters. The van der Waals surface area contributed by atoms with Crippen molar-refractivity contribution >= 4 is 26.7 Å². The van der Waals surface area contributed by atoms with Gasteiger partial charge in [0.2, 0.25) is 0 Å². The van der Waals surface area contributed by atoms with Crippen LogP contribution in [0.25, 0.3) is 11.0 Å². The van der Waals surface area contributed by atoms with Crippen LogP contribution in [0, 0.1) is 0 Å². The molecule has 1 aromatic heterocycles. The van der Waals surface area contributed by atoms with E-state index < -0.39 is 21.8 Å². The molecule has 2 heterocycles. The molecule has 6 heteroatoms. The summed E-state index contributed by atoms with van der Waals surface area (Å²) in [6, 6.07) is 8.43. The first-order valence-electron chi connectivity index (χ1n) is 5.74. The zero-order valence-corrected chi connectivity index (χ0v) is 10.7. The standard InChI is InChI=1S/C13H11NO4S/c15-13(14-10-5-6-19(16,17)8-10)12-7-9-3-1-2-4-11(9)18-12/h1-7,10H,8H2,(H,14,15). The van der Waals surface area contributed by atoms with Crippen molar-refractivity contribution in [2.75, 3.05) is 5.75 Å². The maximum Gasteiger partial charge on any atom is 0.287 e. The van der Waals surface area contributed by atoms with E-state index in [2.05, 4.69) is 5.32 Å². The topological polar surface area (TPSA) is 76.4 Å². The van der Waals surface area contributed by atoms with Gasteiger partial charge in [-0.1, -0.05) is 18.2 Å². The van der Waals surface area contributed by atoms with Crippen molar-refractivity contribution in [3.05, 3.63) is 47.6 Å². The quantitative estimate of drug-likeness (QED) is 0.902. The fourth-order valence-corrected chi connectivity index (χ4v) is 3.23. The van der Waals surface area contributed by atoms with Crippen LogP contribution in [0.15, 0.2) is 46.2 Å². The Bertz CT molecular complexity index is 740. The van der Waals surface area contributed by atoms with Gasteiger partial charge in [0.1, 0.15) is 5.58 Å². The summed E-state index contributed by atoms with van der Waals surface area (Å²) in [5, 5.41) is 4.57. The van der Waals surface area contributed by atoms with Crippen LogP contribution >= 0.6 is 0 Å². The maximum absolute atomic E-state index is 11.9. The summed E-state index contributed by atoms with van der Waals surface area (Å²) in [5.41, 5.74) is 0.627. The number of hydrogen-bond donors (Lipinski definition) is 1. The van der Waals surface area contributed by atoms with E-state index in [9.17, 15) is 13.2 Å². The van der Waals surface area contributed by atoms with Gasteiger partial charge in [0.05, 0.1) is 11.8 Å². The number of nitrogens with one attached hydrogen (secondary N) is 1. The normalized spacial score (nSPS) is 20.7. The van der Waals surface area contributed by atoms with Crippen molar-refractivity contribution in [1.29, 1.82) is 0 Å². The minimum Gasteiger partial charge on any atom is -0.451 e. The van der Waals surface area contributed by atoms with Gasteiger partial charge >= 0.3 is 0 Å². The van der Waals surface area contributed by atoms with E-state index in [4.69, 9.17) is 4.42 Å². The van der Waals surface area contributed by atoms with Crippen LogP contribution in [0.4, 0.5) is 0 Å². The minimum atomic E-state index is -3.17. The minimum absolute atomic E-state index is 0.0982. The summed E-state index contributed by atoms with van der Waals surface area (Å²) in [5.74, 6) is -0.333. The first kappa shape index (κ1) is 12.0. The second-order valence-electron chi connectivity index (χ2n) is 4.39. The SMILES string of the molecule is O=C(NC1C=CS(=O)(=O)C1)c1cc2ccccc2o1. The van der Waals surface area contributed by atoms with Crippen molar-refractivity contribution in [3.63, 3.8) is 0 Å². The molecule has 1 aromatic carbocycles. The molecule has 98 valence electrons. The van der Waals surface area contributed by atoms with Gasteiger partial charge in [-0.2, -0.15) is 0 Å². The Morgan fingerprint density at radius 1 is 1.32 bits per heavy atom. The number of para-hydroxylation sites is 1. The summed E-state index contributed by atoms with van der Waals surface area (Å²) in [6.07, 6.45) is 1.47. The van der Waals surface area contributed by atoms with E-state index in [-0.39, 0.29) is 11.5 Å². The number of benzene rings is 1.